The Morgan fingerprint density at radius 3 is 2.07 bits per heavy atom. The van der Waals surface area contributed by atoms with Crippen LogP contribution in [0.25, 0.3) is 10.8 Å². The summed E-state index contributed by atoms with van der Waals surface area (Å²) in [4.78, 5) is 27.2. The maximum absolute atomic E-state index is 13.6. The zero-order valence-corrected chi connectivity index (χ0v) is 23.2. The highest BCUT2D eigenvalue weighted by atomic mass is 19.1. The van der Waals surface area contributed by atoms with Gasteiger partial charge >= 0.3 is 5.97 Å². The highest BCUT2D eigenvalue weighted by molar-refractivity contribution is 5.97. The summed E-state index contributed by atoms with van der Waals surface area (Å²) >= 11 is 0. The molecule has 212 valence electrons. The van der Waals surface area contributed by atoms with Crippen LogP contribution in [0.15, 0.2) is 115 Å². The topological polar surface area (TPSA) is 78.9 Å². The van der Waals surface area contributed by atoms with Gasteiger partial charge in [0.2, 0.25) is 0 Å². The van der Waals surface area contributed by atoms with Gasteiger partial charge in [0.25, 0.3) is 5.91 Å². The second-order valence-corrected chi connectivity index (χ2v) is 10.1. The summed E-state index contributed by atoms with van der Waals surface area (Å²) in [6.45, 7) is 1.09. The minimum atomic E-state index is -1.10. The summed E-state index contributed by atoms with van der Waals surface area (Å²) in [5.41, 5.74) is 4.07. The van der Waals surface area contributed by atoms with Crippen molar-refractivity contribution in [2.75, 3.05) is 12.0 Å². The van der Waals surface area contributed by atoms with Gasteiger partial charge in [-0.15, -0.1) is 0 Å². The molecular formula is C35H31FN2O4. The van der Waals surface area contributed by atoms with Crippen LogP contribution in [-0.4, -0.2) is 30.1 Å². The number of rotatable bonds is 11. The van der Waals surface area contributed by atoms with E-state index in [1.807, 2.05) is 78.9 Å². The van der Waals surface area contributed by atoms with Crippen molar-refractivity contribution >= 4 is 28.3 Å². The average Bonchev–Trinajstić information content (AvgIpc) is 3.01. The number of carbonyl (C=O) groups is 2. The number of fused-ring (bicyclic) bond motifs is 1. The second kappa shape index (κ2) is 13.0. The normalized spacial score (nSPS) is 11.6. The van der Waals surface area contributed by atoms with Gasteiger partial charge in [-0.05, 0) is 76.0 Å². The van der Waals surface area contributed by atoms with E-state index in [1.165, 1.54) is 12.1 Å². The first kappa shape index (κ1) is 28.4. The van der Waals surface area contributed by atoms with Gasteiger partial charge in [0.1, 0.15) is 17.6 Å². The number of carbonyl (C=O) groups excluding carboxylic acids is 1. The van der Waals surface area contributed by atoms with Crippen molar-refractivity contribution in [1.82, 2.24) is 5.32 Å². The third-order valence-corrected chi connectivity index (χ3v) is 7.22. The van der Waals surface area contributed by atoms with Crippen molar-refractivity contribution in [3.63, 3.8) is 0 Å². The summed E-state index contributed by atoms with van der Waals surface area (Å²) in [5, 5.41) is 14.5. The zero-order valence-electron chi connectivity index (χ0n) is 23.2. The molecule has 5 rings (SSSR count). The third kappa shape index (κ3) is 6.93. The fourth-order valence-electron chi connectivity index (χ4n) is 4.96. The van der Waals surface area contributed by atoms with Crippen LogP contribution in [0.4, 0.5) is 10.1 Å². The molecule has 1 amide bonds. The van der Waals surface area contributed by atoms with Gasteiger partial charge in [0.05, 0.1) is 7.11 Å². The summed E-state index contributed by atoms with van der Waals surface area (Å²) < 4.78 is 18.9. The Labute approximate surface area is 244 Å². The molecule has 0 spiro atoms. The molecule has 0 saturated heterocycles. The molecule has 0 heterocycles. The van der Waals surface area contributed by atoms with Gasteiger partial charge in [-0.25, -0.2) is 9.18 Å². The van der Waals surface area contributed by atoms with Crippen molar-refractivity contribution in [2.24, 2.45) is 0 Å². The number of ether oxygens (including phenoxy) is 1. The summed E-state index contributed by atoms with van der Waals surface area (Å²) in [5.74, 6) is -1.09. The first-order chi connectivity index (χ1) is 20.4. The molecule has 7 heteroatoms. The van der Waals surface area contributed by atoms with Crippen LogP contribution in [0.1, 0.15) is 27.0 Å². The van der Waals surface area contributed by atoms with Crippen molar-refractivity contribution in [3.05, 3.63) is 143 Å². The molecule has 1 atom stereocenters. The fourth-order valence-corrected chi connectivity index (χ4v) is 4.96. The van der Waals surface area contributed by atoms with Crippen LogP contribution >= 0.6 is 0 Å². The molecule has 0 bridgehead atoms. The molecule has 1 unspecified atom stereocenters. The highest BCUT2D eigenvalue weighted by Crippen LogP contribution is 2.23. The SMILES string of the molecule is COc1ccc(CN(Cc2ccc(C(=O)NC(Cc3cccc4ccccc34)C(=O)O)cc2)c2ccc(F)cc2)cc1. The lowest BCUT2D eigenvalue weighted by molar-refractivity contribution is -0.139. The van der Waals surface area contributed by atoms with Crippen molar-refractivity contribution in [3.8, 4) is 5.75 Å². The summed E-state index contributed by atoms with van der Waals surface area (Å²) in [6, 6.07) is 33.6. The van der Waals surface area contributed by atoms with Crippen LogP contribution in [0.5, 0.6) is 5.75 Å². The maximum atomic E-state index is 13.6. The molecule has 0 aliphatic rings. The van der Waals surface area contributed by atoms with Crippen molar-refractivity contribution < 1.29 is 23.8 Å². The van der Waals surface area contributed by atoms with Gasteiger partial charge in [0, 0.05) is 30.8 Å². The predicted molar refractivity (Wildman–Crippen MR) is 162 cm³/mol. The first-order valence-corrected chi connectivity index (χ1v) is 13.6. The Morgan fingerprint density at radius 1 is 0.810 bits per heavy atom. The Morgan fingerprint density at radius 2 is 1.43 bits per heavy atom. The van der Waals surface area contributed by atoms with E-state index in [-0.39, 0.29) is 12.2 Å². The number of amides is 1. The highest BCUT2D eigenvalue weighted by Gasteiger charge is 2.22. The Hall–Kier alpha value is -5.17. The molecule has 5 aromatic rings. The van der Waals surface area contributed by atoms with Crippen LogP contribution in [0, 0.1) is 5.82 Å². The Balaban J connectivity index is 1.29. The lowest BCUT2D eigenvalue weighted by Crippen LogP contribution is -2.42. The molecule has 0 radical (unpaired) electrons. The number of anilines is 1. The monoisotopic (exact) mass is 562 g/mol. The molecule has 42 heavy (non-hydrogen) atoms. The number of aliphatic carboxylic acids is 1. The smallest absolute Gasteiger partial charge is 0.326 e. The average molecular weight is 563 g/mol. The summed E-state index contributed by atoms with van der Waals surface area (Å²) in [6.07, 6.45) is 0.165. The first-order valence-electron chi connectivity index (χ1n) is 13.6. The predicted octanol–water partition coefficient (Wildman–Crippen LogP) is 6.62. The van der Waals surface area contributed by atoms with E-state index in [0.29, 0.717) is 18.7 Å². The molecular weight excluding hydrogens is 531 g/mol. The third-order valence-electron chi connectivity index (χ3n) is 7.22. The number of nitrogens with one attached hydrogen (secondary N) is 1. The number of hydrogen-bond donors (Lipinski definition) is 2. The van der Waals surface area contributed by atoms with Crippen molar-refractivity contribution in [1.29, 1.82) is 0 Å². The standard InChI is InChI=1S/C35H31FN2O4/c1-42-31-19-11-25(12-20-31)23-38(30-17-15-29(36)16-18-30)22-24-9-13-27(14-10-24)34(39)37-33(35(40)41)21-28-7-4-6-26-5-2-3-8-32(26)28/h2-20,33H,21-23H2,1H3,(H,37,39)(H,40,41). The number of carboxylic acid groups (broad SMARTS) is 1. The zero-order chi connectivity index (χ0) is 29.5. The molecule has 0 saturated carbocycles. The number of hydrogen-bond acceptors (Lipinski definition) is 4. The largest absolute Gasteiger partial charge is 0.497 e. The molecule has 0 aliphatic carbocycles. The Kier molecular flexibility index (Phi) is 8.78. The minimum absolute atomic E-state index is 0.165. The van der Waals surface area contributed by atoms with E-state index in [2.05, 4.69) is 10.2 Å². The quantitative estimate of drug-likeness (QED) is 0.189. The van der Waals surface area contributed by atoms with Crippen LogP contribution in [-0.2, 0) is 24.3 Å². The van der Waals surface area contributed by atoms with E-state index >= 15 is 0 Å². The van der Waals surface area contributed by atoms with Crippen molar-refractivity contribution in [2.45, 2.75) is 25.6 Å². The minimum Gasteiger partial charge on any atom is -0.497 e. The summed E-state index contributed by atoms with van der Waals surface area (Å²) in [7, 11) is 1.62. The lowest BCUT2D eigenvalue weighted by Gasteiger charge is -2.25. The number of nitrogens with zero attached hydrogens (tertiary/aromatic N) is 1. The van der Waals surface area contributed by atoms with Crippen LogP contribution < -0.4 is 15.0 Å². The van der Waals surface area contributed by atoms with E-state index in [0.717, 1.165) is 38.9 Å². The van der Waals surface area contributed by atoms with Crippen LogP contribution in [0.2, 0.25) is 0 Å². The molecule has 0 fully saturated rings. The molecule has 5 aromatic carbocycles. The molecule has 0 aromatic heterocycles. The maximum Gasteiger partial charge on any atom is 0.326 e. The fraction of sp³-hybridized carbons (Fsp3) is 0.143. The number of methoxy groups -OCH3 is 1. The second-order valence-electron chi connectivity index (χ2n) is 10.1. The van der Waals surface area contributed by atoms with Crippen LogP contribution in [0.3, 0.4) is 0 Å². The molecule has 0 aliphatic heterocycles. The van der Waals surface area contributed by atoms with Gasteiger partial charge in [-0.1, -0.05) is 66.7 Å². The number of halogens is 1. The van der Waals surface area contributed by atoms with E-state index in [9.17, 15) is 19.1 Å². The van der Waals surface area contributed by atoms with E-state index in [4.69, 9.17) is 4.74 Å². The van der Waals surface area contributed by atoms with Gasteiger partial charge < -0.3 is 20.1 Å². The molecule has 6 nitrogen and oxygen atoms in total. The number of carboxylic acids is 1. The lowest BCUT2D eigenvalue weighted by atomic mass is 9.98. The van der Waals surface area contributed by atoms with E-state index < -0.39 is 17.9 Å². The van der Waals surface area contributed by atoms with Gasteiger partial charge in [0.15, 0.2) is 0 Å². The number of benzene rings is 5. The molecule has 2 N–H and O–H groups in total. The van der Waals surface area contributed by atoms with Gasteiger partial charge in [-0.2, -0.15) is 0 Å². The van der Waals surface area contributed by atoms with E-state index in [1.54, 1.807) is 31.4 Å². The van der Waals surface area contributed by atoms with Gasteiger partial charge in [-0.3, -0.25) is 4.79 Å². The Bertz CT molecular complexity index is 1660.